The Morgan fingerprint density at radius 1 is 0.661 bits per heavy atom. The average molecular weight is 1560 g/mol. The van der Waals surface area contributed by atoms with E-state index in [1.165, 1.54) is 38.2 Å². The molecule has 8 rings (SSSR count). The maximum absolute atomic E-state index is 13.5. The Morgan fingerprint density at radius 3 is 1.85 bits per heavy atom. The van der Waals surface area contributed by atoms with Gasteiger partial charge in [-0.3, -0.25) is 58.1 Å². The van der Waals surface area contributed by atoms with Crippen LogP contribution in [0, 0.1) is 5.92 Å². The lowest BCUT2D eigenvalue weighted by Gasteiger charge is -2.30. The molecule has 4 aliphatic heterocycles. The summed E-state index contributed by atoms with van der Waals surface area (Å²) < 4.78 is 73.5. The number of carbonyl (C=O) groups is 9. The number of nitrogens with zero attached hydrogens (tertiary/aromatic N) is 5. The topological polar surface area (TPSA) is 368 Å². The normalized spacial score (nSPS) is 16.2. The Kier molecular flexibility index (Phi) is 36.3. The monoisotopic (exact) mass is 1560 g/mol. The number of methoxy groups -OCH3 is 2. The molecule has 1 fully saturated rings. The summed E-state index contributed by atoms with van der Waals surface area (Å²) in [4.78, 5) is 128. The van der Waals surface area contributed by atoms with Gasteiger partial charge in [0.1, 0.15) is 18.7 Å². The molecule has 4 aliphatic rings. The van der Waals surface area contributed by atoms with Gasteiger partial charge in [-0.05, 0) is 105 Å². The van der Waals surface area contributed by atoms with Gasteiger partial charge in [-0.1, -0.05) is 32.0 Å². The molecule has 1 unspecified atom stereocenters. The van der Waals surface area contributed by atoms with Gasteiger partial charge in [0.25, 0.3) is 17.7 Å². The quantitative estimate of drug-likeness (QED) is 0.0135. The molecule has 4 atom stereocenters. The van der Waals surface area contributed by atoms with Crippen LogP contribution < -0.4 is 50.4 Å². The van der Waals surface area contributed by atoms with E-state index in [1.807, 2.05) is 36.2 Å². The number of benzene rings is 4. The molecule has 4 aromatic carbocycles. The summed E-state index contributed by atoms with van der Waals surface area (Å²) in [5.74, 6) is -1.32. The average Bonchev–Trinajstić information content (AvgIpc) is 1.61. The summed E-state index contributed by atoms with van der Waals surface area (Å²) in [5.41, 5.74) is 5.16. The van der Waals surface area contributed by atoms with Crippen LogP contribution in [0.2, 0.25) is 0 Å². The summed E-state index contributed by atoms with van der Waals surface area (Å²) in [6.07, 6.45) is 8.94. The summed E-state index contributed by atoms with van der Waals surface area (Å²) in [6, 6.07) is 17.2. The number of hydrogen-bond donors (Lipinski definition) is 5. The third kappa shape index (κ3) is 27.9. The molecule has 0 radical (unpaired) electrons. The highest BCUT2D eigenvalue weighted by Crippen LogP contribution is 2.41. The van der Waals surface area contributed by atoms with E-state index in [0.717, 1.165) is 28.9 Å². The molecule has 112 heavy (non-hydrogen) atoms. The molecule has 32 nitrogen and oxygen atoms in total. The first-order chi connectivity index (χ1) is 54.1. The first-order valence-corrected chi connectivity index (χ1v) is 37.9. The third-order valence-corrected chi connectivity index (χ3v) is 18.6. The minimum atomic E-state index is -0.953. The minimum Gasteiger partial charge on any atom is -0.493 e. The number of rotatable bonds is 51. The zero-order chi connectivity index (χ0) is 80.2. The lowest BCUT2D eigenvalue weighted by atomic mass is 9.95. The number of anilines is 2. The van der Waals surface area contributed by atoms with Crippen LogP contribution >= 0.6 is 0 Å². The number of ether oxygens (including phenoxy) is 13. The van der Waals surface area contributed by atoms with Crippen LogP contribution in [-0.4, -0.2) is 259 Å². The van der Waals surface area contributed by atoms with Crippen molar-refractivity contribution in [3.63, 3.8) is 0 Å². The van der Waals surface area contributed by atoms with E-state index in [0.29, 0.717) is 194 Å². The van der Waals surface area contributed by atoms with E-state index in [1.54, 1.807) is 82.6 Å². The van der Waals surface area contributed by atoms with Crippen molar-refractivity contribution in [2.75, 3.05) is 170 Å². The summed E-state index contributed by atoms with van der Waals surface area (Å²) in [6.45, 7) is 16.6. The maximum atomic E-state index is 13.5. The fourth-order valence-corrected chi connectivity index (χ4v) is 12.1. The Bertz CT molecular complexity index is 3870. The SMILES string of the molecule is COc1cc2c(cc1OCCCOc1cc(/N=C\C3Cc4ccc(N(C)C(=O)OCc5ccc(NC(=O)[C@H](C)NC(=O)[C@@H](NC(=O)CCOCCOCCOCCOCCOCCOCCOCCOCCCNC(=O)CCN6C(=O)C=CC6=O)C(C)C)cc5)cc4CN3)c(C(C)=O)cc1OC)N=C[C@]1(C)CCCN1C2=O. The predicted octanol–water partition coefficient (Wildman–Crippen LogP) is 6.58. The van der Waals surface area contributed by atoms with Crippen molar-refractivity contribution >= 4 is 88.4 Å². The van der Waals surface area contributed by atoms with Crippen molar-refractivity contribution in [3.05, 3.63) is 107 Å². The van der Waals surface area contributed by atoms with E-state index in [4.69, 9.17) is 71.6 Å². The minimum absolute atomic E-state index is 0.00729. The zero-order valence-corrected chi connectivity index (χ0v) is 65.4. The highest BCUT2D eigenvalue weighted by molar-refractivity contribution is 6.13. The van der Waals surface area contributed by atoms with Crippen molar-refractivity contribution in [1.29, 1.82) is 0 Å². The molecule has 0 saturated carbocycles. The van der Waals surface area contributed by atoms with Crippen molar-refractivity contribution in [2.45, 2.75) is 116 Å². The maximum Gasteiger partial charge on any atom is 0.414 e. The number of ketones is 1. The molecule has 0 aliphatic carbocycles. The number of imide groups is 1. The van der Waals surface area contributed by atoms with Crippen LogP contribution in [0.3, 0.4) is 0 Å². The molecular formula is C80H108N10O22. The number of carbonyl (C=O) groups excluding carboxylic acids is 9. The number of fused-ring (bicyclic) bond motifs is 3. The number of aliphatic imine (C=N–C) groups is 2. The molecule has 1 saturated heterocycles. The van der Waals surface area contributed by atoms with E-state index >= 15 is 0 Å². The van der Waals surface area contributed by atoms with Crippen LogP contribution in [-0.2, 0) is 91.0 Å². The number of hydrogen-bond acceptors (Lipinski definition) is 25. The summed E-state index contributed by atoms with van der Waals surface area (Å²) in [5, 5.41) is 14.5. The number of nitrogens with one attached hydrogen (secondary N) is 5. The van der Waals surface area contributed by atoms with Gasteiger partial charge in [-0.15, -0.1) is 0 Å². The van der Waals surface area contributed by atoms with Gasteiger partial charge in [-0.25, -0.2) is 4.79 Å². The summed E-state index contributed by atoms with van der Waals surface area (Å²) in [7, 11) is 4.67. The number of amides is 8. The fraction of sp³-hybridized carbons (Fsp3) is 0.537. The molecule has 8 amide bonds. The number of Topliss-reactive ketones (excluding diaryl/α,β-unsaturated/α-hetero) is 1. The Hall–Kier alpha value is -9.77. The van der Waals surface area contributed by atoms with E-state index in [-0.39, 0.29) is 87.9 Å². The molecule has 0 aromatic heterocycles. The van der Waals surface area contributed by atoms with Crippen LogP contribution in [0.4, 0.5) is 27.5 Å². The smallest absolute Gasteiger partial charge is 0.414 e. The zero-order valence-electron chi connectivity index (χ0n) is 65.4. The van der Waals surface area contributed by atoms with Gasteiger partial charge in [0.2, 0.25) is 23.6 Å². The van der Waals surface area contributed by atoms with Gasteiger partial charge in [0.15, 0.2) is 28.8 Å². The fourth-order valence-electron chi connectivity index (χ4n) is 12.1. The predicted molar refractivity (Wildman–Crippen MR) is 415 cm³/mol. The van der Waals surface area contributed by atoms with Gasteiger partial charge in [-0.2, -0.15) is 0 Å². The summed E-state index contributed by atoms with van der Waals surface area (Å²) >= 11 is 0. The Balaban J connectivity index is 0.620. The molecule has 610 valence electrons. The van der Waals surface area contributed by atoms with Crippen molar-refractivity contribution in [3.8, 4) is 23.0 Å². The van der Waals surface area contributed by atoms with Gasteiger partial charge in [0.05, 0.1) is 149 Å². The Morgan fingerprint density at radius 2 is 1.25 bits per heavy atom. The van der Waals surface area contributed by atoms with Crippen LogP contribution in [0.15, 0.2) is 88.9 Å². The lowest BCUT2D eigenvalue weighted by molar-refractivity contribution is -0.137. The second kappa shape index (κ2) is 46.3. The first kappa shape index (κ1) is 87.8. The highest BCUT2D eigenvalue weighted by Gasteiger charge is 2.41. The highest BCUT2D eigenvalue weighted by atomic mass is 16.6. The molecule has 0 spiro atoms. The van der Waals surface area contributed by atoms with Gasteiger partial charge >= 0.3 is 6.09 Å². The molecule has 0 bridgehead atoms. The van der Waals surface area contributed by atoms with Crippen molar-refractivity contribution in [1.82, 2.24) is 31.1 Å². The first-order valence-electron chi connectivity index (χ1n) is 37.9. The molecule has 5 N–H and O–H groups in total. The van der Waals surface area contributed by atoms with Crippen molar-refractivity contribution in [2.24, 2.45) is 15.9 Å². The van der Waals surface area contributed by atoms with Crippen molar-refractivity contribution < 1.29 is 105 Å². The Labute approximate surface area is 653 Å². The second-order valence-electron chi connectivity index (χ2n) is 27.3. The van der Waals surface area contributed by atoms with Crippen LogP contribution in [0.25, 0.3) is 0 Å². The van der Waals surface area contributed by atoms with Crippen LogP contribution in [0.1, 0.15) is 111 Å². The molecule has 4 aromatic rings. The standard InChI is InChI=1S/C80H108N10O22/c1-54(2)75(87-72(93)21-29-103-31-33-105-35-37-107-39-41-109-43-42-108-40-38-106-36-34-104-32-30-102-26-10-23-81-71(92)20-25-89-73(94)18-19-74(89)95)77(97)85-55(3)76(96)86-60-15-12-57(13-16-60)52-112-79(99)88(6)62-17-14-58-44-61(82-50-59(58)45-62)51-83-65-48-69(67(100-7)46-63(65)56(4)91)110-27-11-28-111-70-49-66-64(47-68(70)101-8)78(98)90-24-9-22-80(90,5)53-84-66/h12-19,45-49,51,53-55,61,75,82H,9-11,20-44,50,52H2,1-8H3,(H,81,92)(H,85,97)(H,86,96)(H,87,93)/b83-51-/t55-,61?,75-,80-/m0/s1. The van der Waals surface area contributed by atoms with E-state index in [2.05, 4.69) is 26.6 Å². The third-order valence-electron chi connectivity index (χ3n) is 18.6. The van der Waals surface area contributed by atoms with Crippen LogP contribution in [0.5, 0.6) is 23.0 Å². The van der Waals surface area contributed by atoms with E-state index in [9.17, 15) is 43.2 Å². The molecule has 4 heterocycles. The largest absolute Gasteiger partial charge is 0.493 e. The molecule has 32 heteroatoms. The van der Waals surface area contributed by atoms with E-state index < -0.39 is 47.3 Å². The van der Waals surface area contributed by atoms with Gasteiger partial charge < -0.3 is 93.1 Å². The molecular weight excluding hydrogens is 1450 g/mol. The second-order valence-corrected chi connectivity index (χ2v) is 27.3. The van der Waals surface area contributed by atoms with Gasteiger partial charge in [0, 0.05) is 119 Å². The lowest BCUT2D eigenvalue weighted by Crippen LogP contribution is -2.53.